The Balaban J connectivity index is 1.71. The van der Waals surface area contributed by atoms with Gasteiger partial charge in [0.1, 0.15) is 6.04 Å². The number of carbonyl (C=O) groups is 2. The summed E-state index contributed by atoms with van der Waals surface area (Å²) in [6.07, 6.45) is 1.49. The highest BCUT2D eigenvalue weighted by atomic mass is 35.5. The van der Waals surface area contributed by atoms with E-state index in [1.807, 2.05) is 97.9 Å². The Morgan fingerprint density at radius 3 is 1.82 bits per heavy atom. The molecule has 0 aliphatic carbocycles. The van der Waals surface area contributed by atoms with E-state index >= 15 is 0 Å². The maximum absolute atomic E-state index is 14.3. The van der Waals surface area contributed by atoms with Crippen LogP contribution in [0.4, 0.5) is 0 Å². The van der Waals surface area contributed by atoms with Crippen LogP contribution in [0.1, 0.15) is 47.9 Å². The molecule has 2 amide bonds. The molecule has 0 saturated heterocycles. The fraction of sp³-hybridized carbons (Fsp3) is 0.235. The molecule has 0 bridgehead atoms. The molecular formula is C34H35ClN2O2. The van der Waals surface area contributed by atoms with Crippen LogP contribution in [0.5, 0.6) is 0 Å². The molecule has 0 aliphatic heterocycles. The summed E-state index contributed by atoms with van der Waals surface area (Å²) in [5.41, 5.74) is 4.06. The zero-order valence-corrected chi connectivity index (χ0v) is 23.1. The summed E-state index contributed by atoms with van der Waals surface area (Å²) in [5, 5.41) is 3.68. The molecule has 0 spiro atoms. The van der Waals surface area contributed by atoms with E-state index in [2.05, 4.69) is 29.6 Å². The first kappa shape index (κ1) is 28.1. The number of hydrogen-bond donors (Lipinski definition) is 1. The second-order valence-corrected chi connectivity index (χ2v) is 10.2. The molecule has 5 heteroatoms. The first-order valence-corrected chi connectivity index (χ1v) is 13.9. The Kier molecular flexibility index (Phi) is 10.3. The van der Waals surface area contributed by atoms with Crippen LogP contribution >= 0.6 is 11.6 Å². The lowest BCUT2D eigenvalue weighted by atomic mass is 9.87. The fourth-order valence-electron chi connectivity index (χ4n) is 4.80. The Morgan fingerprint density at radius 2 is 1.28 bits per heavy atom. The van der Waals surface area contributed by atoms with E-state index in [-0.39, 0.29) is 24.2 Å². The number of halogens is 1. The van der Waals surface area contributed by atoms with Crippen LogP contribution in [0.15, 0.2) is 115 Å². The van der Waals surface area contributed by atoms with Crippen molar-refractivity contribution in [2.75, 3.05) is 6.54 Å². The monoisotopic (exact) mass is 538 g/mol. The van der Waals surface area contributed by atoms with Gasteiger partial charge in [-0.15, -0.1) is 0 Å². The zero-order chi connectivity index (χ0) is 27.5. The van der Waals surface area contributed by atoms with Crippen molar-refractivity contribution in [1.29, 1.82) is 0 Å². The summed E-state index contributed by atoms with van der Waals surface area (Å²) in [6.45, 7) is 2.89. The number of nitrogens with one attached hydrogen (secondary N) is 1. The van der Waals surface area contributed by atoms with Gasteiger partial charge in [-0.05, 0) is 40.8 Å². The molecule has 0 saturated carbocycles. The van der Waals surface area contributed by atoms with E-state index in [1.165, 1.54) is 0 Å². The van der Waals surface area contributed by atoms with Crippen molar-refractivity contribution in [3.05, 3.63) is 143 Å². The number of rotatable bonds is 12. The normalized spacial score (nSPS) is 11.7. The first-order chi connectivity index (χ1) is 19.0. The molecule has 0 aromatic heterocycles. The van der Waals surface area contributed by atoms with E-state index in [1.54, 1.807) is 4.90 Å². The third-order valence-electron chi connectivity index (χ3n) is 6.87. The topological polar surface area (TPSA) is 49.4 Å². The lowest BCUT2D eigenvalue weighted by Crippen LogP contribution is -2.50. The van der Waals surface area contributed by atoms with Gasteiger partial charge in [0.2, 0.25) is 11.8 Å². The van der Waals surface area contributed by atoms with Crippen molar-refractivity contribution in [3.8, 4) is 0 Å². The lowest BCUT2D eigenvalue weighted by Gasteiger charge is -2.33. The Labute approximate surface area is 236 Å². The molecule has 0 fully saturated rings. The quantitative estimate of drug-likeness (QED) is 0.210. The molecule has 4 aromatic rings. The Morgan fingerprint density at radius 1 is 0.744 bits per heavy atom. The molecule has 0 aliphatic rings. The molecule has 0 heterocycles. The average molecular weight is 539 g/mol. The predicted octanol–water partition coefficient (Wildman–Crippen LogP) is 7.03. The Bertz CT molecular complexity index is 1270. The van der Waals surface area contributed by atoms with E-state index < -0.39 is 6.04 Å². The van der Waals surface area contributed by atoms with E-state index in [0.717, 1.165) is 28.7 Å². The van der Waals surface area contributed by atoms with Crippen molar-refractivity contribution < 1.29 is 9.59 Å². The molecule has 39 heavy (non-hydrogen) atoms. The molecule has 4 nitrogen and oxygen atoms in total. The van der Waals surface area contributed by atoms with Gasteiger partial charge >= 0.3 is 0 Å². The van der Waals surface area contributed by atoms with Crippen LogP contribution in [0, 0.1) is 0 Å². The van der Waals surface area contributed by atoms with Crippen molar-refractivity contribution in [1.82, 2.24) is 10.2 Å². The third kappa shape index (κ3) is 8.05. The summed E-state index contributed by atoms with van der Waals surface area (Å²) in [4.78, 5) is 29.6. The van der Waals surface area contributed by atoms with E-state index in [0.29, 0.717) is 24.5 Å². The first-order valence-electron chi connectivity index (χ1n) is 13.5. The molecule has 0 unspecified atom stereocenters. The molecular weight excluding hydrogens is 504 g/mol. The minimum atomic E-state index is -0.658. The maximum atomic E-state index is 14.3. The Hall–Kier alpha value is -3.89. The van der Waals surface area contributed by atoms with Crippen molar-refractivity contribution in [2.24, 2.45) is 0 Å². The number of hydrogen-bond acceptors (Lipinski definition) is 2. The van der Waals surface area contributed by atoms with Crippen LogP contribution in [0.25, 0.3) is 0 Å². The molecule has 4 aromatic carbocycles. The van der Waals surface area contributed by atoms with Gasteiger partial charge in [0, 0.05) is 36.9 Å². The minimum Gasteiger partial charge on any atom is -0.354 e. The van der Waals surface area contributed by atoms with Crippen LogP contribution in [-0.4, -0.2) is 29.3 Å². The van der Waals surface area contributed by atoms with Crippen LogP contribution < -0.4 is 5.32 Å². The number of carbonyl (C=O) groups excluding carboxylic acids is 2. The standard InChI is InChI=1S/C34H35ClN2O2/c1-2-22-36-34(39)32(23-26-12-6-3-7-13-26)37(25-27-18-20-30(35)21-19-27)33(38)24-31(28-14-8-4-9-15-28)29-16-10-5-11-17-29/h3-21,31-32H,2,22-25H2,1H3,(H,36,39)/t32-/m0/s1. The van der Waals surface area contributed by atoms with Gasteiger partial charge in [-0.25, -0.2) is 0 Å². The van der Waals surface area contributed by atoms with Crippen molar-refractivity contribution in [2.45, 2.75) is 44.7 Å². The maximum Gasteiger partial charge on any atom is 0.243 e. The predicted molar refractivity (Wildman–Crippen MR) is 159 cm³/mol. The summed E-state index contributed by atoms with van der Waals surface area (Å²) < 4.78 is 0. The summed E-state index contributed by atoms with van der Waals surface area (Å²) in [6, 6.07) is 36.9. The summed E-state index contributed by atoms with van der Waals surface area (Å²) in [7, 11) is 0. The van der Waals surface area contributed by atoms with Crippen molar-refractivity contribution in [3.63, 3.8) is 0 Å². The minimum absolute atomic E-state index is 0.0739. The van der Waals surface area contributed by atoms with Crippen LogP contribution in [0.2, 0.25) is 5.02 Å². The second kappa shape index (κ2) is 14.3. The highest BCUT2D eigenvalue weighted by Crippen LogP contribution is 2.30. The van der Waals surface area contributed by atoms with E-state index in [4.69, 9.17) is 11.6 Å². The van der Waals surface area contributed by atoms with E-state index in [9.17, 15) is 9.59 Å². The summed E-state index contributed by atoms with van der Waals surface area (Å²) in [5.74, 6) is -0.349. The van der Waals surface area contributed by atoms with Gasteiger partial charge in [-0.3, -0.25) is 9.59 Å². The zero-order valence-electron chi connectivity index (χ0n) is 22.3. The number of amides is 2. The molecule has 200 valence electrons. The molecule has 1 atom stereocenters. The number of benzene rings is 4. The SMILES string of the molecule is CCCNC(=O)[C@H](Cc1ccccc1)N(Cc1ccc(Cl)cc1)C(=O)CC(c1ccccc1)c1ccccc1. The molecule has 0 radical (unpaired) electrons. The van der Waals surface area contributed by atoms with Crippen LogP contribution in [-0.2, 0) is 22.6 Å². The van der Waals surface area contributed by atoms with Crippen molar-refractivity contribution >= 4 is 23.4 Å². The average Bonchev–Trinajstić information content (AvgIpc) is 2.98. The van der Waals surface area contributed by atoms with Gasteiger partial charge in [-0.2, -0.15) is 0 Å². The third-order valence-corrected chi connectivity index (χ3v) is 7.12. The van der Waals surface area contributed by atoms with Gasteiger partial charge in [-0.1, -0.05) is 122 Å². The summed E-state index contributed by atoms with van der Waals surface area (Å²) >= 11 is 6.15. The fourth-order valence-corrected chi connectivity index (χ4v) is 4.92. The largest absolute Gasteiger partial charge is 0.354 e. The molecule has 4 rings (SSSR count). The number of nitrogens with zero attached hydrogens (tertiary/aromatic N) is 1. The highest BCUT2D eigenvalue weighted by Gasteiger charge is 2.32. The van der Waals surface area contributed by atoms with Gasteiger partial charge in [0.05, 0.1) is 0 Å². The van der Waals surface area contributed by atoms with Crippen LogP contribution in [0.3, 0.4) is 0 Å². The highest BCUT2D eigenvalue weighted by molar-refractivity contribution is 6.30. The second-order valence-electron chi connectivity index (χ2n) is 9.72. The lowest BCUT2D eigenvalue weighted by molar-refractivity contribution is -0.141. The smallest absolute Gasteiger partial charge is 0.243 e. The van der Waals surface area contributed by atoms with Gasteiger partial charge in [0.25, 0.3) is 0 Å². The van der Waals surface area contributed by atoms with Gasteiger partial charge < -0.3 is 10.2 Å². The molecule has 1 N–H and O–H groups in total. The van der Waals surface area contributed by atoms with Gasteiger partial charge in [0.15, 0.2) is 0 Å².